The van der Waals surface area contributed by atoms with Gasteiger partial charge in [0.15, 0.2) is 11.5 Å². The van der Waals surface area contributed by atoms with Gasteiger partial charge in [-0.25, -0.2) is 4.98 Å². The smallest absolute Gasteiger partial charge is 0.227 e. The molecule has 28 heavy (non-hydrogen) atoms. The molecule has 0 aliphatic heterocycles. The first-order valence-corrected chi connectivity index (χ1v) is 9.19. The number of fused-ring (bicyclic) bond motifs is 1. The van der Waals surface area contributed by atoms with Crippen molar-refractivity contribution in [3.63, 3.8) is 0 Å². The van der Waals surface area contributed by atoms with Crippen LogP contribution in [-0.4, -0.2) is 26.0 Å². The van der Waals surface area contributed by atoms with E-state index in [-0.39, 0.29) is 12.3 Å². The average Bonchev–Trinajstić information content (AvgIpc) is 3.31. The number of benzene rings is 1. The molecule has 1 aliphatic rings. The summed E-state index contributed by atoms with van der Waals surface area (Å²) >= 11 is 0. The molecule has 0 atom stereocenters. The van der Waals surface area contributed by atoms with Crippen molar-refractivity contribution >= 4 is 22.7 Å². The first-order chi connectivity index (χ1) is 13.7. The molecular weight excluding hydrogens is 358 g/mol. The predicted molar refractivity (Wildman–Crippen MR) is 100 cm³/mol. The minimum Gasteiger partial charge on any atom is -0.440 e. The molecule has 0 unspecified atom stereocenters. The van der Waals surface area contributed by atoms with E-state index in [2.05, 4.69) is 25.4 Å². The Labute approximate surface area is 160 Å². The number of anilines is 1. The zero-order valence-electron chi connectivity index (χ0n) is 15.0. The van der Waals surface area contributed by atoms with Crippen molar-refractivity contribution in [2.75, 3.05) is 5.32 Å². The van der Waals surface area contributed by atoms with Gasteiger partial charge in [-0.15, -0.1) is 0 Å². The number of aryl methyl sites for hydroxylation is 1. The molecule has 1 aromatic carbocycles. The van der Waals surface area contributed by atoms with E-state index >= 15 is 0 Å². The Morgan fingerprint density at radius 3 is 2.93 bits per heavy atom. The number of pyridine rings is 1. The quantitative estimate of drug-likeness (QED) is 0.547. The molecule has 140 valence electrons. The summed E-state index contributed by atoms with van der Waals surface area (Å²) < 4.78 is 10.9. The van der Waals surface area contributed by atoms with E-state index in [1.165, 1.54) is 0 Å². The van der Waals surface area contributed by atoms with Gasteiger partial charge in [0.25, 0.3) is 0 Å². The van der Waals surface area contributed by atoms with Crippen molar-refractivity contribution in [1.82, 2.24) is 20.1 Å². The molecule has 0 saturated heterocycles. The number of nitrogens with one attached hydrogen (secondary N) is 1. The van der Waals surface area contributed by atoms with E-state index in [0.29, 0.717) is 35.4 Å². The molecule has 8 heteroatoms. The molecule has 8 nitrogen and oxygen atoms in total. The highest BCUT2D eigenvalue weighted by molar-refractivity contribution is 5.92. The van der Waals surface area contributed by atoms with Crippen molar-refractivity contribution in [2.45, 2.75) is 31.6 Å². The topological polar surface area (TPSA) is 107 Å². The fraction of sp³-hybridized carbons (Fsp3) is 0.250. The van der Waals surface area contributed by atoms with Gasteiger partial charge in [0.05, 0.1) is 0 Å². The largest absolute Gasteiger partial charge is 0.440 e. The number of hydrogen-bond acceptors (Lipinski definition) is 7. The van der Waals surface area contributed by atoms with Crippen molar-refractivity contribution < 1.29 is 13.7 Å². The monoisotopic (exact) mass is 375 g/mol. The van der Waals surface area contributed by atoms with E-state index in [1.54, 1.807) is 12.3 Å². The fourth-order valence-electron chi connectivity index (χ4n) is 2.93. The van der Waals surface area contributed by atoms with Crippen LogP contribution in [-0.2, 0) is 11.2 Å². The van der Waals surface area contributed by atoms with Crippen LogP contribution in [0.25, 0.3) is 22.6 Å². The maximum absolute atomic E-state index is 12.3. The molecule has 1 fully saturated rings. The number of nitrogens with zero attached hydrogens (tertiary/aromatic N) is 4. The number of oxazole rings is 1. The minimum absolute atomic E-state index is 0.136. The third-order valence-electron chi connectivity index (χ3n) is 4.54. The van der Waals surface area contributed by atoms with Crippen molar-refractivity contribution in [1.29, 1.82) is 0 Å². The Morgan fingerprint density at radius 1 is 1.18 bits per heavy atom. The van der Waals surface area contributed by atoms with Gasteiger partial charge in [-0.2, -0.15) is 4.98 Å². The van der Waals surface area contributed by atoms with Crippen molar-refractivity contribution in [3.8, 4) is 11.5 Å². The number of aromatic nitrogens is 4. The van der Waals surface area contributed by atoms with Gasteiger partial charge in [-0.1, -0.05) is 11.2 Å². The molecule has 0 bridgehead atoms. The minimum atomic E-state index is -0.136. The van der Waals surface area contributed by atoms with Gasteiger partial charge < -0.3 is 14.3 Å². The van der Waals surface area contributed by atoms with E-state index in [4.69, 9.17) is 8.94 Å². The first kappa shape index (κ1) is 16.6. The Hall–Kier alpha value is -3.55. The lowest BCUT2D eigenvalue weighted by atomic mass is 10.2. The Balaban J connectivity index is 1.20. The number of amides is 1. The highest BCUT2D eigenvalue weighted by atomic mass is 16.5. The van der Waals surface area contributed by atoms with Crippen LogP contribution in [0.2, 0.25) is 0 Å². The van der Waals surface area contributed by atoms with Gasteiger partial charge in [0.1, 0.15) is 11.2 Å². The lowest BCUT2D eigenvalue weighted by Crippen LogP contribution is -2.12. The van der Waals surface area contributed by atoms with E-state index in [9.17, 15) is 4.79 Å². The summed E-state index contributed by atoms with van der Waals surface area (Å²) in [7, 11) is 0. The molecule has 5 rings (SSSR count). The molecule has 1 saturated carbocycles. The third-order valence-corrected chi connectivity index (χ3v) is 4.54. The third kappa shape index (κ3) is 3.48. The summed E-state index contributed by atoms with van der Waals surface area (Å²) in [4.78, 5) is 25.2. The number of rotatable bonds is 6. The second-order valence-electron chi connectivity index (χ2n) is 6.78. The summed E-state index contributed by atoms with van der Waals surface area (Å²) in [5.41, 5.74) is 2.82. The average molecular weight is 375 g/mol. The Bertz CT molecular complexity index is 1130. The van der Waals surface area contributed by atoms with Crippen LogP contribution in [0.15, 0.2) is 51.5 Å². The van der Waals surface area contributed by atoms with E-state index in [1.807, 2.05) is 30.3 Å². The van der Waals surface area contributed by atoms with Crippen LogP contribution in [0.4, 0.5) is 5.69 Å². The van der Waals surface area contributed by atoms with Gasteiger partial charge in [-0.3, -0.25) is 9.78 Å². The molecular formula is C20H17N5O3. The van der Waals surface area contributed by atoms with Crippen LogP contribution in [0.5, 0.6) is 0 Å². The molecule has 1 aliphatic carbocycles. The zero-order valence-corrected chi connectivity index (χ0v) is 15.0. The van der Waals surface area contributed by atoms with Crippen molar-refractivity contribution in [3.05, 3.63) is 54.4 Å². The van der Waals surface area contributed by atoms with Crippen LogP contribution in [0.1, 0.15) is 37.0 Å². The van der Waals surface area contributed by atoms with E-state index in [0.717, 1.165) is 29.8 Å². The van der Waals surface area contributed by atoms with Gasteiger partial charge in [0, 0.05) is 30.6 Å². The Morgan fingerprint density at radius 2 is 2.11 bits per heavy atom. The maximum Gasteiger partial charge on any atom is 0.227 e. The highest BCUT2D eigenvalue weighted by Crippen LogP contribution is 2.40. The Kier molecular flexibility index (Phi) is 4.08. The summed E-state index contributed by atoms with van der Waals surface area (Å²) in [5.74, 6) is 1.92. The van der Waals surface area contributed by atoms with Crippen LogP contribution in [0.3, 0.4) is 0 Å². The molecule has 1 N–H and O–H groups in total. The van der Waals surface area contributed by atoms with Crippen LogP contribution in [0, 0.1) is 0 Å². The number of carbonyl (C=O) groups excluding carboxylic acids is 1. The second kappa shape index (κ2) is 6.88. The summed E-state index contributed by atoms with van der Waals surface area (Å²) in [6.45, 7) is 0. The number of carbonyl (C=O) groups is 1. The van der Waals surface area contributed by atoms with Gasteiger partial charge in [0.2, 0.25) is 17.6 Å². The van der Waals surface area contributed by atoms with Crippen molar-refractivity contribution in [2.24, 2.45) is 0 Å². The molecule has 0 spiro atoms. The van der Waals surface area contributed by atoms with Crippen LogP contribution < -0.4 is 5.32 Å². The lowest BCUT2D eigenvalue weighted by Gasteiger charge is -2.03. The SMILES string of the molecule is O=C(CCc1nc(-c2ccccn2)no1)Nc1ccc2oc(C3CC3)nc2c1. The zero-order chi connectivity index (χ0) is 18.9. The molecule has 0 radical (unpaired) electrons. The standard InChI is InChI=1S/C20H17N5O3/c26-17(8-9-18-24-19(25-28-18)14-3-1-2-10-21-14)22-13-6-7-16-15(11-13)23-20(27-16)12-4-5-12/h1-3,6-7,10-12H,4-5,8-9H2,(H,22,26). The van der Waals surface area contributed by atoms with Gasteiger partial charge >= 0.3 is 0 Å². The predicted octanol–water partition coefficient (Wildman–Crippen LogP) is 3.72. The molecule has 1 amide bonds. The first-order valence-electron chi connectivity index (χ1n) is 9.19. The lowest BCUT2D eigenvalue weighted by molar-refractivity contribution is -0.116. The molecule has 4 aromatic rings. The van der Waals surface area contributed by atoms with Crippen LogP contribution >= 0.6 is 0 Å². The normalized spacial score (nSPS) is 13.7. The summed E-state index contributed by atoms with van der Waals surface area (Å²) in [6.07, 6.45) is 4.51. The number of hydrogen-bond donors (Lipinski definition) is 1. The molecule has 3 heterocycles. The maximum atomic E-state index is 12.3. The van der Waals surface area contributed by atoms with Gasteiger partial charge in [-0.05, 0) is 43.2 Å². The highest BCUT2D eigenvalue weighted by Gasteiger charge is 2.28. The second-order valence-corrected chi connectivity index (χ2v) is 6.78. The summed E-state index contributed by atoms with van der Waals surface area (Å²) in [5, 5.41) is 6.78. The molecule has 3 aromatic heterocycles. The van der Waals surface area contributed by atoms with E-state index < -0.39 is 0 Å². The fourth-order valence-corrected chi connectivity index (χ4v) is 2.93. The summed E-state index contributed by atoms with van der Waals surface area (Å²) in [6, 6.07) is 10.9.